The van der Waals surface area contributed by atoms with E-state index in [0.717, 1.165) is 6.07 Å². The van der Waals surface area contributed by atoms with Crippen molar-refractivity contribution in [3.63, 3.8) is 0 Å². The summed E-state index contributed by atoms with van der Waals surface area (Å²) in [4.78, 5) is 16.4. The average molecular weight is 390 g/mol. The highest BCUT2D eigenvalue weighted by Crippen LogP contribution is 2.17. The van der Waals surface area contributed by atoms with E-state index in [0.29, 0.717) is 36.7 Å². The van der Waals surface area contributed by atoms with Gasteiger partial charge < -0.3 is 21.1 Å². The van der Waals surface area contributed by atoms with Gasteiger partial charge in [0, 0.05) is 30.3 Å². The van der Waals surface area contributed by atoms with Crippen LogP contribution >= 0.6 is 0 Å². The molecule has 4 N–H and O–H groups in total. The molecule has 0 saturated carbocycles. The predicted octanol–water partition coefficient (Wildman–Crippen LogP) is 2.72. The summed E-state index contributed by atoms with van der Waals surface area (Å²) in [6.07, 6.45) is 0. The van der Waals surface area contributed by atoms with Crippen LogP contribution in [0.2, 0.25) is 0 Å². The summed E-state index contributed by atoms with van der Waals surface area (Å²) in [5.41, 5.74) is 0.764. The Hall–Kier alpha value is -3.16. The van der Waals surface area contributed by atoms with Crippen LogP contribution in [0.25, 0.3) is 0 Å². The fourth-order valence-corrected chi connectivity index (χ4v) is 2.51. The van der Waals surface area contributed by atoms with Crippen LogP contribution < -0.4 is 16.0 Å². The zero-order valence-electron chi connectivity index (χ0n) is 15.8. The van der Waals surface area contributed by atoms with E-state index in [-0.39, 0.29) is 11.7 Å². The van der Waals surface area contributed by atoms with Gasteiger partial charge in [0.15, 0.2) is 5.96 Å². The molecule has 28 heavy (non-hydrogen) atoms. The van der Waals surface area contributed by atoms with E-state index in [9.17, 15) is 18.7 Å². The number of carbonyl (C=O) groups excluding carboxylic acids is 1. The lowest BCUT2D eigenvalue weighted by Crippen LogP contribution is -2.39. The van der Waals surface area contributed by atoms with Gasteiger partial charge in [-0.05, 0) is 44.2 Å². The number of benzene rings is 2. The zero-order chi connectivity index (χ0) is 20.5. The molecule has 2 aromatic rings. The van der Waals surface area contributed by atoms with Crippen LogP contribution in [0.5, 0.6) is 5.75 Å². The van der Waals surface area contributed by atoms with Gasteiger partial charge in [-0.3, -0.25) is 9.79 Å². The first-order chi connectivity index (χ1) is 13.4. The highest BCUT2D eigenvalue weighted by molar-refractivity contribution is 5.94. The third-order valence-corrected chi connectivity index (χ3v) is 3.92. The van der Waals surface area contributed by atoms with Gasteiger partial charge in [0.05, 0.1) is 12.6 Å². The molecule has 0 spiro atoms. The quantitative estimate of drug-likeness (QED) is 0.333. The summed E-state index contributed by atoms with van der Waals surface area (Å²) in [6, 6.07) is 8.95. The lowest BCUT2D eigenvalue weighted by molar-refractivity contribution is 0.0955. The van der Waals surface area contributed by atoms with Crippen molar-refractivity contribution in [1.82, 2.24) is 16.0 Å². The maximum Gasteiger partial charge on any atom is 0.251 e. The monoisotopic (exact) mass is 390 g/mol. The van der Waals surface area contributed by atoms with E-state index < -0.39 is 17.7 Å². The van der Waals surface area contributed by atoms with E-state index in [4.69, 9.17) is 0 Å². The van der Waals surface area contributed by atoms with Crippen molar-refractivity contribution in [1.29, 1.82) is 0 Å². The first-order valence-corrected chi connectivity index (χ1v) is 8.97. The molecule has 0 saturated heterocycles. The average Bonchev–Trinajstić information content (AvgIpc) is 2.65. The molecular weight excluding hydrogens is 366 g/mol. The largest absolute Gasteiger partial charge is 0.508 e. The summed E-state index contributed by atoms with van der Waals surface area (Å²) < 4.78 is 27.0. The third-order valence-electron chi connectivity index (χ3n) is 3.92. The normalized spacial score (nSPS) is 12.4. The van der Waals surface area contributed by atoms with Crippen molar-refractivity contribution in [2.45, 2.75) is 19.9 Å². The first-order valence-electron chi connectivity index (χ1n) is 8.97. The molecule has 0 aliphatic carbocycles. The molecule has 2 aromatic carbocycles. The Bertz CT molecular complexity index is 825. The summed E-state index contributed by atoms with van der Waals surface area (Å²) in [5, 5.41) is 18.1. The molecule has 0 heterocycles. The van der Waals surface area contributed by atoms with Crippen molar-refractivity contribution in [2.75, 3.05) is 19.6 Å². The molecule has 6 nitrogen and oxygen atoms in total. The molecule has 1 atom stereocenters. The van der Waals surface area contributed by atoms with E-state index in [1.807, 2.05) is 6.92 Å². The number of halogens is 2. The van der Waals surface area contributed by atoms with E-state index in [1.165, 1.54) is 36.4 Å². The van der Waals surface area contributed by atoms with Crippen LogP contribution in [0.4, 0.5) is 8.78 Å². The molecule has 0 radical (unpaired) electrons. The van der Waals surface area contributed by atoms with Crippen molar-refractivity contribution in [3.8, 4) is 5.75 Å². The maximum absolute atomic E-state index is 13.9. The SMILES string of the molecule is CCNC(=NCCNC(=O)c1ccc(O)cc1)NC(C)c1ccc(F)cc1F. The number of amides is 1. The van der Waals surface area contributed by atoms with E-state index in [2.05, 4.69) is 20.9 Å². The first kappa shape index (κ1) is 21.1. The second-order valence-corrected chi connectivity index (χ2v) is 6.10. The molecule has 8 heteroatoms. The van der Waals surface area contributed by atoms with Crippen LogP contribution in [0.3, 0.4) is 0 Å². The highest BCUT2D eigenvalue weighted by atomic mass is 19.1. The molecule has 1 unspecified atom stereocenters. The number of aromatic hydroxyl groups is 1. The van der Waals surface area contributed by atoms with Gasteiger partial charge in [-0.15, -0.1) is 0 Å². The molecule has 2 rings (SSSR count). The van der Waals surface area contributed by atoms with Gasteiger partial charge in [0.2, 0.25) is 0 Å². The summed E-state index contributed by atoms with van der Waals surface area (Å²) in [7, 11) is 0. The topological polar surface area (TPSA) is 85.8 Å². The maximum atomic E-state index is 13.9. The van der Waals surface area contributed by atoms with Crippen LogP contribution in [-0.2, 0) is 0 Å². The number of hydrogen-bond donors (Lipinski definition) is 4. The second-order valence-electron chi connectivity index (χ2n) is 6.10. The smallest absolute Gasteiger partial charge is 0.251 e. The van der Waals surface area contributed by atoms with Gasteiger partial charge >= 0.3 is 0 Å². The van der Waals surface area contributed by atoms with Crippen molar-refractivity contribution < 1.29 is 18.7 Å². The van der Waals surface area contributed by atoms with Crippen LogP contribution in [0.15, 0.2) is 47.5 Å². The fraction of sp³-hybridized carbons (Fsp3) is 0.300. The summed E-state index contributed by atoms with van der Waals surface area (Å²) >= 11 is 0. The fourth-order valence-electron chi connectivity index (χ4n) is 2.51. The molecule has 1 amide bonds. The van der Waals surface area contributed by atoms with Gasteiger partial charge in [-0.1, -0.05) is 6.07 Å². The Morgan fingerprint density at radius 2 is 1.86 bits per heavy atom. The molecule has 0 bridgehead atoms. The molecule has 0 aromatic heterocycles. The standard InChI is InChI=1S/C20H24F2N4O2/c1-3-23-20(26-13(2)17-9-6-15(21)12-18(17)22)25-11-10-24-19(28)14-4-7-16(27)8-5-14/h4-9,12-13,27H,3,10-11H2,1-2H3,(H,24,28)(H2,23,25,26). The number of aliphatic imine (C=N–C) groups is 1. The minimum atomic E-state index is -0.628. The van der Waals surface area contributed by atoms with Crippen molar-refractivity contribution in [2.24, 2.45) is 4.99 Å². The molecular formula is C20H24F2N4O2. The Labute approximate surface area is 162 Å². The zero-order valence-corrected chi connectivity index (χ0v) is 15.8. The number of carbonyl (C=O) groups is 1. The van der Waals surface area contributed by atoms with Crippen molar-refractivity contribution >= 4 is 11.9 Å². The molecule has 0 aliphatic heterocycles. The number of phenols is 1. The highest BCUT2D eigenvalue weighted by Gasteiger charge is 2.13. The van der Waals surface area contributed by atoms with E-state index in [1.54, 1.807) is 6.92 Å². The van der Waals surface area contributed by atoms with Crippen LogP contribution in [-0.4, -0.2) is 36.6 Å². The van der Waals surface area contributed by atoms with Gasteiger partial charge in [-0.2, -0.15) is 0 Å². The lowest BCUT2D eigenvalue weighted by atomic mass is 10.1. The number of rotatable bonds is 7. The molecule has 150 valence electrons. The third kappa shape index (κ3) is 6.22. The second kappa shape index (κ2) is 10.2. The number of guanidine groups is 1. The minimum absolute atomic E-state index is 0.0919. The Balaban J connectivity index is 1.90. The summed E-state index contributed by atoms with van der Waals surface area (Å²) in [5.74, 6) is -0.975. The predicted molar refractivity (Wildman–Crippen MR) is 104 cm³/mol. The number of phenolic OH excluding ortho intramolecular Hbond substituents is 1. The molecule has 0 fully saturated rings. The van der Waals surface area contributed by atoms with Gasteiger partial charge in [0.25, 0.3) is 5.91 Å². The summed E-state index contributed by atoms with van der Waals surface area (Å²) in [6.45, 7) is 4.85. The van der Waals surface area contributed by atoms with Crippen LogP contribution in [0.1, 0.15) is 35.8 Å². The van der Waals surface area contributed by atoms with Crippen molar-refractivity contribution in [3.05, 3.63) is 65.2 Å². The van der Waals surface area contributed by atoms with Gasteiger partial charge in [-0.25, -0.2) is 8.78 Å². The Morgan fingerprint density at radius 3 is 2.50 bits per heavy atom. The Kier molecular flexibility index (Phi) is 7.74. The number of hydrogen-bond acceptors (Lipinski definition) is 3. The van der Waals surface area contributed by atoms with Gasteiger partial charge in [0.1, 0.15) is 17.4 Å². The lowest BCUT2D eigenvalue weighted by Gasteiger charge is -2.18. The van der Waals surface area contributed by atoms with E-state index >= 15 is 0 Å². The van der Waals surface area contributed by atoms with Crippen LogP contribution in [0, 0.1) is 11.6 Å². The Morgan fingerprint density at radius 1 is 1.14 bits per heavy atom. The number of nitrogens with one attached hydrogen (secondary N) is 3. The number of nitrogens with zero attached hydrogens (tertiary/aromatic N) is 1. The molecule has 0 aliphatic rings. The minimum Gasteiger partial charge on any atom is -0.508 e.